The van der Waals surface area contributed by atoms with E-state index in [1.165, 1.54) is 105 Å². The summed E-state index contributed by atoms with van der Waals surface area (Å²) >= 11 is 0. The van der Waals surface area contributed by atoms with Gasteiger partial charge in [-0.3, -0.25) is 0 Å². The summed E-state index contributed by atoms with van der Waals surface area (Å²) in [4.78, 5) is 0. The van der Waals surface area contributed by atoms with Gasteiger partial charge in [-0.1, -0.05) is 159 Å². The molecule has 0 atom stereocenters. The standard InChI is InChI=1S/C52H35N/c1-51(2)41-19-8-3-14-34(41)37-28-26-33(31-46(37)51)32-27-29-48-40(30-32)38-17-7-12-24-47(38)53(48)49-25-13-23-45-50(49)39-18-6-11-22-44(39)52(45)42-20-9-4-15-35(42)36-16-5-10-21-43(36)52/h3-31H,1-2H3. The molecule has 3 aliphatic carbocycles. The van der Waals surface area contributed by atoms with E-state index in [1.54, 1.807) is 0 Å². The highest BCUT2D eigenvalue weighted by Gasteiger charge is 2.52. The van der Waals surface area contributed by atoms with Crippen LogP contribution in [0.3, 0.4) is 0 Å². The maximum absolute atomic E-state index is 2.53. The van der Waals surface area contributed by atoms with Crippen molar-refractivity contribution < 1.29 is 0 Å². The molecular weight excluding hydrogens is 639 g/mol. The fourth-order valence-corrected chi connectivity index (χ4v) is 10.6. The molecule has 9 aromatic rings. The predicted molar refractivity (Wildman–Crippen MR) is 220 cm³/mol. The number of fused-ring (bicyclic) bond motifs is 16. The zero-order valence-electron chi connectivity index (χ0n) is 29.7. The van der Waals surface area contributed by atoms with Crippen LogP contribution in [0.25, 0.3) is 72.0 Å². The van der Waals surface area contributed by atoms with E-state index in [2.05, 4.69) is 194 Å². The summed E-state index contributed by atoms with van der Waals surface area (Å²) < 4.78 is 2.53. The second-order valence-electron chi connectivity index (χ2n) is 15.6. The Hall–Kier alpha value is -6.44. The van der Waals surface area contributed by atoms with Gasteiger partial charge in [-0.05, 0) is 103 Å². The van der Waals surface area contributed by atoms with Crippen LogP contribution in [-0.4, -0.2) is 4.57 Å². The quantitative estimate of drug-likeness (QED) is 0.172. The molecule has 12 rings (SSSR count). The minimum atomic E-state index is -0.373. The van der Waals surface area contributed by atoms with Crippen molar-refractivity contribution in [3.05, 3.63) is 209 Å². The Kier molecular flexibility index (Phi) is 5.57. The van der Waals surface area contributed by atoms with Crippen molar-refractivity contribution in [2.75, 3.05) is 0 Å². The van der Waals surface area contributed by atoms with Crippen LogP contribution in [0.15, 0.2) is 176 Å². The van der Waals surface area contributed by atoms with Gasteiger partial charge >= 0.3 is 0 Å². The second-order valence-corrected chi connectivity index (χ2v) is 15.6. The molecule has 1 spiro atoms. The van der Waals surface area contributed by atoms with Gasteiger partial charge in [-0.25, -0.2) is 0 Å². The molecule has 0 unspecified atom stereocenters. The lowest BCUT2D eigenvalue weighted by atomic mass is 9.70. The molecule has 0 aliphatic heterocycles. The molecule has 248 valence electrons. The second kappa shape index (κ2) is 10.1. The first-order valence-electron chi connectivity index (χ1n) is 18.8. The summed E-state index contributed by atoms with van der Waals surface area (Å²) in [5.41, 5.74) is 22.1. The molecule has 1 heteroatoms. The van der Waals surface area contributed by atoms with Crippen LogP contribution >= 0.6 is 0 Å². The Morgan fingerprint density at radius 3 is 1.60 bits per heavy atom. The summed E-state index contributed by atoms with van der Waals surface area (Å²) in [7, 11) is 0. The molecule has 0 saturated carbocycles. The van der Waals surface area contributed by atoms with Crippen molar-refractivity contribution >= 4 is 21.8 Å². The maximum atomic E-state index is 2.53. The van der Waals surface area contributed by atoms with Crippen molar-refractivity contribution in [3.63, 3.8) is 0 Å². The molecule has 1 nitrogen and oxygen atoms in total. The van der Waals surface area contributed by atoms with E-state index in [4.69, 9.17) is 0 Å². The molecule has 3 aliphatic rings. The van der Waals surface area contributed by atoms with Crippen molar-refractivity contribution in [2.45, 2.75) is 24.7 Å². The SMILES string of the molecule is CC1(C)c2ccccc2-c2ccc(-c3ccc4c(c3)c3ccccc3n4-c3cccc4c3-c3ccccc3C43c4ccccc4-c4ccccc43)cc21. The highest BCUT2D eigenvalue weighted by molar-refractivity contribution is 6.11. The van der Waals surface area contributed by atoms with Crippen LogP contribution in [0.5, 0.6) is 0 Å². The first-order valence-corrected chi connectivity index (χ1v) is 18.8. The number of nitrogens with zero attached hydrogens (tertiary/aromatic N) is 1. The van der Waals surface area contributed by atoms with Gasteiger partial charge in [0.2, 0.25) is 0 Å². The summed E-state index contributed by atoms with van der Waals surface area (Å²) in [6.07, 6.45) is 0. The number of aromatic nitrogens is 1. The van der Waals surface area contributed by atoms with Gasteiger partial charge in [0.05, 0.1) is 22.1 Å². The van der Waals surface area contributed by atoms with Gasteiger partial charge in [0.1, 0.15) is 0 Å². The van der Waals surface area contributed by atoms with Gasteiger partial charge < -0.3 is 4.57 Å². The highest BCUT2D eigenvalue weighted by Crippen LogP contribution is 2.63. The van der Waals surface area contributed by atoms with Crippen LogP contribution < -0.4 is 0 Å². The number of para-hydroxylation sites is 1. The minimum Gasteiger partial charge on any atom is -0.309 e. The van der Waals surface area contributed by atoms with Crippen molar-refractivity contribution in [1.82, 2.24) is 4.57 Å². The van der Waals surface area contributed by atoms with E-state index < -0.39 is 0 Å². The lowest BCUT2D eigenvalue weighted by Crippen LogP contribution is -2.25. The zero-order chi connectivity index (χ0) is 35.1. The average molecular weight is 674 g/mol. The van der Waals surface area contributed by atoms with E-state index in [9.17, 15) is 0 Å². The van der Waals surface area contributed by atoms with Crippen molar-refractivity contribution in [3.8, 4) is 50.2 Å². The summed E-state index contributed by atoms with van der Waals surface area (Å²) in [6, 6.07) is 66.3. The minimum absolute atomic E-state index is 0.0379. The maximum Gasteiger partial charge on any atom is 0.0726 e. The first kappa shape index (κ1) is 29.2. The van der Waals surface area contributed by atoms with Crippen LogP contribution in [0.1, 0.15) is 47.2 Å². The highest BCUT2D eigenvalue weighted by atomic mass is 15.0. The van der Waals surface area contributed by atoms with E-state index in [0.717, 1.165) is 0 Å². The van der Waals surface area contributed by atoms with Crippen molar-refractivity contribution in [1.29, 1.82) is 0 Å². The van der Waals surface area contributed by atoms with E-state index in [1.807, 2.05) is 0 Å². The topological polar surface area (TPSA) is 4.93 Å². The number of hydrogen-bond acceptors (Lipinski definition) is 0. The molecule has 1 aromatic heterocycles. The predicted octanol–water partition coefficient (Wildman–Crippen LogP) is 13.1. The van der Waals surface area contributed by atoms with Gasteiger partial charge in [-0.15, -0.1) is 0 Å². The van der Waals surface area contributed by atoms with Crippen LogP contribution in [-0.2, 0) is 10.8 Å². The van der Waals surface area contributed by atoms with Gasteiger partial charge in [0.15, 0.2) is 0 Å². The van der Waals surface area contributed by atoms with Crippen LogP contribution in [0.2, 0.25) is 0 Å². The third kappa shape index (κ3) is 3.53. The molecule has 0 N–H and O–H groups in total. The first-order chi connectivity index (χ1) is 26.1. The Morgan fingerprint density at radius 1 is 0.358 bits per heavy atom. The third-order valence-corrected chi connectivity index (χ3v) is 12.8. The number of hydrogen-bond donors (Lipinski definition) is 0. The van der Waals surface area contributed by atoms with E-state index >= 15 is 0 Å². The summed E-state index contributed by atoms with van der Waals surface area (Å²) in [5, 5.41) is 2.55. The van der Waals surface area contributed by atoms with Crippen molar-refractivity contribution in [2.24, 2.45) is 0 Å². The van der Waals surface area contributed by atoms with E-state index in [-0.39, 0.29) is 10.8 Å². The van der Waals surface area contributed by atoms with E-state index in [0.29, 0.717) is 0 Å². The lowest BCUT2D eigenvalue weighted by Gasteiger charge is -2.30. The Bertz CT molecular complexity index is 3000. The fourth-order valence-electron chi connectivity index (χ4n) is 10.6. The largest absolute Gasteiger partial charge is 0.309 e. The summed E-state index contributed by atoms with van der Waals surface area (Å²) in [5.74, 6) is 0. The number of rotatable bonds is 2. The molecular formula is C52H35N. The average Bonchev–Trinajstić information content (AvgIpc) is 3.88. The van der Waals surface area contributed by atoms with Crippen LogP contribution in [0.4, 0.5) is 0 Å². The molecule has 0 saturated heterocycles. The normalized spacial score (nSPS) is 14.9. The van der Waals surface area contributed by atoms with Gasteiger partial charge in [0, 0.05) is 21.8 Å². The Balaban J connectivity index is 1.10. The molecule has 0 radical (unpaired) electrons. The van der Waals surface area contributed by atoms with Crippen LogP contribution in [0, 0.1) is 0 Å². The van der Waals surface area contributed by atoms with Gasteiger partial charge in [0.25, 0.3) is 0 Å². The lowest BCUT2D eigenvalue weighted by molar-refractivity contribution is 0.660. The molecule has 1 heterocycles. The molecule has 53 heavy (non-hydrogen) atoms. The molecule has 8 aromatic carbocycles. The Labute approximate surface area is 309 Å². The van der Waals surface area contributed by atoms with Gasteiger partial charge in [-0.2, -0.15) is 0 Å². The summed E-state index contributed by atoms with van der Waals surface area (Å²) in [6.45, 7) is 4.73. The smallest absolute Gasteiger partial charge is 0.0726 e. The monoisotopic (exact) mass is 673 g/mol. The molecule has 0 fully saturated rings. The fraction of sp³-hybridized carbons (Fsp3) is 0.0769. The zero-order valence-corrected chi connectivity index (χ0v) is 29.7. The number of benzene rings is 8. The Morgan fingerprint density at radius 2 is 0.868 bits per heavy atom. The molecule has 0 bridgehead atoms. The third-order valence-electron chi connectivity index (χ3n) is 12.8. The molecule has 0 amide bonds.